The van der Waals surface area contributed by atoms with Gasteiger partial charge in [0.05, 0.1) is 16.9 Å². The van der Waals surface area contributed by atoms with Gasteiger partial charge in [0.2, 0.25) is 0 Å². The summed E-state index contributed by atoms with van der Waals surface area (Å²) in [5.74, 6) is -6.92. The minimum Gasteiger partial charge on any atom is -0.508 e. The molecule has 212 valence electrons. The van der Waals surface area contributed by atoms with Crippen LogP contribution in [0.3, 0.4) is 0 Å². The van der Waals surface area contributed by atoms with Gasteiger partial charge in [0.15, 0.2) is 0 Å². The number of alkyl halides is 9. The molecule has 0 aliphatic rings. The highest BCUT2D eigenvalue weighted by atomic mass is 19.4. The van der Waals surface area contributed by atoms with Gasteiger partial charge in [-0.15, -0.1) is 0 Å². The fraction of sp³-hybridized carbons (Fsp3) is 0.250. The monoisotopic (exact) mass is 574 g/mol. The Kier molecular flexibility index (Phi) is 8.13. The van der Waals surface area contributed by atoms with Gasteiger partial charge in [-0.05, 0) is 23.8 Å². The van der Waals surface area contributed by atoms with Crippen LogP contribution in [0, 0.1) is 11.6 Å². The van der Waals surface area contributed by atoms with E-state index in [4.69, 9.17) is 0 Å². The summed E-state index contributed by atoms with van der Waals surface area (Å²) in [4.78, 5) is 0. The summed E-state index contributed by atoms with van der Waals surface area (Å²) in [6.45, 7) is -3.44. The van der Waals surface area contributed by atoms with E-state index in [0.29, 0.717) is 30.3 Å². The number of benzene rings is 3. The number of phenols is 2. The predicted molar refractivity (Wildman–Crippen MR) is 118 cm³/mol. The number of anilines is 2. The summed E-state index contributed by atoms with van der Waals surface area (Å²) in [7, 11) is 0. The second kappa shape index (κ2) is 10.7. The van der Waals surface area contributed by atoms with Crippen molar-refractivity contribution in [3.8, 4) is 11.5 Å². The maximum Gasteiger partial charge on any atom is 0.416 e. The van der Waals surface area contributed by atoms with Crippen molar-refractivity contribution in [3.05, 3.63) is 82.4 Å². The Morgan fingerprint density at radius 2 is 1.03 bits per heavy atom. The first-order chi connectivity index (χ1) is 17.9. The lowest BCUT2D eigenvalue weighted by molar-refractivity contribution is -0.138. The van der Waals surface area contributed by atoms with Crippen LogP contribution in [0.1, 0.15) is 28.2 Å². The number of phenolic OH excluding ortho intramolecular Hbond substituents is 2. The zero-order chi connectivity index (χ0) is 29.3. The lowest BCUT2D eigenvalue weighted by Crippen LogP contribution is -2.22. The Hall–Kier alpha value is -3.91. The zero-order valence-electron chi connectivity index (χ0n) is 19.2. The Labute approximate surface area is 212 Å². The Bertz CT molecular complexity index is 1260. The Balaban J connectivity index is 2.23. The molecule has 0 aliphatic carbocycles. The third-order valence-electron chi connectivity index (χ3n) is 5.39. The number of aromatic hydroxyl groups is 2. The molecule has 3 rings (SSSR count). The van der Waals surface area contributed by atoms with E-state index in [9.17, 15) is 58.5 Å². The molecule has 4 nitrogen and oxygen atoms in total. The van der Waals surface area contributed by atoms with Gasteiger partial charge in [-0.25, -0.2) is 8.78 Å². The average molecular weight is 574 g/mol. The van der Waals surface area contributed by atoms with Gasteiger partial charge in [-0.1, -0.05) is 18.2 Å². The summed E-state index contributed by atoms with van der Waals surface area (Å²) >= 11 is 0. The molecule has 4 N–H and O–H groups in total. The van der Waals surface area contributed by atoms with E-state index in [-0.39, 0.29) is 0 Å². The molecule has 0 atom stereocenters. The van der Waals surface area contributed by atoms with E-state index in [1.807, 2.05) is 0 Å². The van der Waals surface area contributed by atoms with Crippen molar-refractivity contribution in [2.75, 3.05) is 23.7 Å². The van der Waals surface area contributed by atoms with Crippen molar-refractivity contribution in [2.24, 2.45) is 0 Å². The van der Waals surface area contributed by atoms with Crippen LogP contribution in [0.25, 0.3) is 0 Å². The first kappa shape index (κ1) is 29.6. The first-order valence-corrected chi connectivity index (χ1v) is 10.7. The van der Waals surface area contributed by atoms with E-state index in [1.165, 1.54) is 0 Å². The minimum absolute atomic E-state index is 0.402. The predicted octanol–water partition coefficient (Wildman–Crippen LogP) is 7.52. The third kappa shape index (κ3) is 7.35. The molecule has 0 spiro atoms. The van der Waals surface area contributed by atoms with Gasteiger partial charge in [0.25, 0.3) is 0 Å². The van der Waals surface area contributed by atoms with Crippen LogP contribution >= 0.6 is 0 Å². The molecule has 0 unspecified atom stereocenters. The van der Waals surface area contributed by atoms with E-state index in [0.717, 1.165) is 18.2 Å². The van der Waals surface area contributed by atoms with Crippen LogP contribution in [0.5, 0.6) is 11.5 Å². The molecule has 0 saturated heterocycles. The van der Waals surface area contributed by atoms with Crippen LogP contribution in [-0.4, -0.2) is 35.7 Å². The highest BCUT2D eigenvalue weighted by Crippen LogP contribution is 2.47. The van der Waals surface area contributed by atoms with Gasteiger partial charge in [-0.3, -0.25) is 0 Å². The molecule has 15 heteroatoms. The number of halogens is 11. The third-order valence-corrected chi connectivity index (χ3v) is 5.39. The zero-order valence-corrected chi connectivity index (χ0v) is 19.2. The molecule has 0 heterocycles. The summed E-state index contributed by atoms with van der Waals surface area (Å²) in [5.41, 5.74) is -5.24. The quantitative estimate of drug-likeness (QED) is 0.174. The van der Waals surface area contributed by atoms with Gasteiger partial charge < -0.3 is 20.8 Å². The van der Waals surface area contributed by atoms with E-state index in [1.54, 1.807) is 10.6 Å². The average Bonchev–Trinajstić information content (AvgIpc) is 2.80. The van der Waals surface area contributed by atoms with Gasteiger partial charge in [-0.2, -0.15) is 39.5 Å². The second-order valence-electron chi connectivity index (χ2n) is 8.24. The molecule has 0 fully saturated rings. The molecule has 0 amide bonds. The normalized spacial score (nSPS) is 12.6. The summed E-state index contributed by atoms with van der Waals surface area (Å²) in [5, 5.41) is 24.4. The molecular weight excluding hydrogens is 557 g/mol. The maximum atomic E-state index is 14.8. The van der Waals surface area contributed by atoms with E-state index < -0.39 is 94.3 Å². The second-order valence-corrected chi connectivity index (χ2v) is 8.24. The fourth-order valence-electron chi connectivity index (χ4n) is 3.79. The molecule has 0 radical (unpaired) electrons. The van der Waals surface area contributed by atoms with E-state index in [2.05, 4.69) is 0 Å². The summed E-state index contributed by atoms with van der Waals surface area (Å²) < 4.78 is 146. The first-order valence-electron chi connectivity index (χ1n) is 10.7. The number of hydrogen-bond acceptors (Lipinski definition) is 4. The molecule has 0 bridgehead atoms. The molecule has 3 aromatic rings. The lowest BCUT2D eigenvalue weighted by atomic mass is 9.81. The maximum absolute atomic E-state index is 14.8. The highest BCUT2D eigenvalue weighted by Gasteiger charge is 2.38. The van der Waals surface area contributed by atoms with Crippen molar-refractivity contribution < 1.29 is 58.5 Å². The number of rotatable bonds is 7. The van der Waals surface area contributed by atoms with Crippen LogP contribution in [0.2, 0.25) is 0 Å². The molecular formula is C24H17F11N2O2. The number of hydrogen-bond donors (Lipinski definition) is 4. The standard InChI is InChI=1S/C24H17F11N2O2/c25-15-5-12(19(38)7-17(15)36-9-22(27,28)29)21(11-3-1-2-4-14(11)24(33,34)35)13-6-16(26)18(8-20(13)39)37-10-23(30,31)32/h1-8,21,36-39H,9-10H2. The fourth-order valence-corrected chi connectivity index (χ4v) is 3.79. The molecule has 0 saturated carbocycles. The van der Waals surface area contributed by atoms with Crippen molar-refractivity contribution in [3.63, 3.8) is 0 Å². The smallest absolute Gasteiger partial charge is 0.416 e. The van der Waals surface area contributed by atoms with Crippen LogP contribution < -0.4 is 10.6 Å². The molecule has 3 aromatic carbocycles. The van der Waals surface area contributed by atoms with Gasteiger partial charge in [0, 0.05) is 29.2 Å². The molecule has 0 aliphatic heterocycles. The van der Waals surface area contributed by atoms with Crippen LogP contribution in [-0.2, 0) is 6.18 Å². The van der Waals surface area contributed by atoms with Crippen molar-refractivity contribution in [2.45, 2.75) is 24.4 Å². The summed E-state index contributed by atoms with van der Waals surface area (Å²) in [6.07, 6.45) is -14.6. The van der Waals surface area contributed by atoms with E-state index >= 15 is 0 Å². The largest absolute Gasteiger partial charge is 0.508 e. The van der Waals surface area contributed by atoms with Crippen molar-refractivity contribution >= 4 is 11.4 Å². The SMILES string of the molecule is Oc1cc(NCC(F)(F)F)c(F)cc1C(c1cc(F)c(NCC(F)(F)F)cc1O)c1ccccc1C(F)(F)F. The van der Waals surface area contributed by atoms with Crippen LogP contribution in [0.15, 0.2) is 48.5 Å². The van der Waals surface area contributed by atoms with Gasteiger partial charge >= 0.3 is 18.5 Å². The highest BCUT2D eigenvalue weighted by molar-refractivity contribution is 5.62. The van der Waals surface area contributed by atoms with Crippen LogP contribution in [0.4, 0.5) is 59.7 Å². The number of nitrogens with one attached hydrogen (secondary N) is 2. The van der Waals surface area contributed by atoms with Crippen molar-refractivity contribution in [1.29, 1.82) is 0 Å². The van der Waals surface area contributed by atoms with Crippen molar-refractivity contribution in [1.82, 2.24) is 0 Å². The Morgan fingerprint density at radius 1 is 0.615 bits per heavy atom. The van der Waals surface area contributed by atoms with Gasteiger partial charge in [0.1, 0.15) is 36.2 Å². The topological polar surface area (TPSA) is 64.5 Å². The summed E-state index contributed by atoms with van der Waals surface area (Å²) in [6, 6.07) is 5.29. The Morgan fingerprint density at radius 3 is 1.41 bits per heavy atom. The molecule has 0 aromatic heterocycles. The minimum atomic E-state index is -5.06. The lowest BCUT2D eigenvalue weighted by Gasteiger charge is -2.25. The molecule has 39 heavy (non-hydrogen) atoms.